The van der Waals surface area contributed by atoms with E-state index in [2.05, 4.69) is 10.1 Å². The molecule has 0 aliphatic heterocycles. The number of methoxy groups -OCH3 is 1. The van der Waals surface area contributed by atoms with Crippen molar-refractivity contribution in [2.45, 2.75) is 13.0 Å². The van der Waals surface area contributed by atoms with Crippen molar-refractivity contribution in [3.05, 3.63) is 35.4 Å². The highest BCUT2D eigenvalue weighted by atomic mass is 19.1. The molecule has 0 radical (unpaired) electrons. The molecule has 1 aromatic carbocycles. The summed E-state index contributed by atoms with van der Waals surface area (Å²) >= 11 is 0. The summed E-state index contributed by atoms with van der Waals surface area (Å²) in [5.74, 6) is -1.67. The van der Waals surface area contributed by atoms with Gasteiger partial charge < -0.3 is 10.1 Å². The summed E-state index contributed by atoms with van der Waals surface area (Å²) in [6, 6.07) is 2.72. The van der Waals surface area contributed by atoms with Gasteiger partial charge in [0.25, 0.3) is 0 Å². The lowest BCUT2D eigenvalue weighted by Gasteiger charge is -2.14. The van der Waals surface area contributed by atoms with Crippen LogP contribution in [-0.4, -0.2) is 19.6 Å². The highest BCUT2D eigenvalue weighted by Gasteiger charge is 2.13. The van der Waals surface area contributed by atoms with Gasteiger partial charge in [0.2, 0.25) is 5.91 Å². The van der Waals surface area contributed by atoms with Crippen molar-refractivity contribution in [1.82, 2.24) is 5.32 Å². The molecule has 1 aromatic rings. The lowest BCUT2D eigenvalue weighted by atomic mass is 10.1. The van der Waals surface area contributed by atoms with Gasteiger partial charge in [-0.15, -0.1) is 0 Å². The van der Waals surface area contributed by atoms with Crippen LogP contribution in [0.5, 0.6) is 0 Å². The molecule has 1 N–H and O–H groups in total. The van der Waals surface area contributed by atoms with Crippen molar-refractivity contribution < 1.29 is 18.3 Å². The number of carbonyl (C=O) groups excluding carboxylic acids is 1. The summed E-state index contributed by atoms with van der Waals surface area (Å²) < 4.78 is 30.6. The molecule has 0 saturated heterocycles. The molecular weight excluding hydrogens is 216 g/mol. The van der Waals surface area contributed by atoms with Gasteiger partial charge in [-0.25, -0.2) is 8.78 Å². The first-order chi connectivity index (χ1) is 7.54. The Morgan fingerprint density at radius 3 is 2.75 bits per heavy atom. The maximum absolute atomic E-state index is 13.3. The van der Waals surface area contributed by atoms with E-state index in [-0.39, 0.29) is 18.1 Å². The smallest absolute Gasteiger partial charge is 0.246 e. The molecule has 3 nitrogen and oxygen atoms in total. The largest absolute Gasteiger partial charge is 0.375 e. The molecule has 0 aliphatic rings. The van der Waals surface area contributed by atoms with E-state index < -0.39 is 17.7 Å². The van der Waals surface area contributed by atoms with Gasteiger partial charge >= 0.3 is 0 Å². The van der Waals surface area contributed by atoms with Gasteiger partial charge in [0, 0.05) is 18.7 Å². The monoisotopic (exact) mass is 229 g/mol. The first kappa shape index (κ1) is 12.6. The number of hydrogen-bond acceptors (Lipinski definition) is 2. The fourth-order valence-corrected chi connectivity index (χ4v) is 1.34. The number of ether oxygens (including phenoxy) is 1. The molecule has 0 heterocycles. The van der Waals surface area contributed by atoms with E-state index in [1.54, 1.807) is 6.92 Å². The van der Waals surface area contributed by atoms with Crippen LogP contribution < -0.4 is 5.32 Å². The SMILES string of the molecule is COCC(=O)N[C@H](C)c1ccc(F)cc1F. The third-order valence-corrected chi connectivity index (χ3v) is 2.08. The molecule has 0 aliphatic carbocycles. The van der Waals surface area contributed by atoms with E-state index in [9.17, 15) is 13.6 Å². The molecule has 1 amide bonds. The van der Waals surface area contributed by atoms with E-state index in [0.29, 0.717) is 0 Å². The number of hydrogen-bond donors (Lipinski definition) is 1. The Bertz CT molecular complexity index is 382. The van der Waals surface area contributed by atoms with Crippen molar-refractivity contribution >= 4 is 5.91 Å². The molecule has 0 fully saturated rings. The summed E-state index contributed by atoms with van der Waals surface area (Å²) in [6.07, 6.45) is 0. The van der Waals surface area contributed by atoms with Crippen LogP contribution in [0.2, 0.25) is 0 Å². The van der Waals surface area contributed by atoms with Crippen LogP contribution in [0.15, 0.2) is 18.2 Å². The van der Waals surface area contributed by atoms with E-state index >= 15 is 0 Å². The maximum Gasteiger partial charge on any atom is 0.246 e. The molecule has 88 valence electrons. The molecule has 0 spiro atoms. The Morgan fingerprint density at radius 1 is 1.50 bits per heavy atom. The third-order valence-electron chi connectivity index (χ3n) is 2.08. The quantitative estimate of drug-likeness (QED) is 0.854. The Hall–Kier alpha value is -1.49. The van der Waals surface area contributed by atoms with Crippen LogP contribution in [0.25, 0.3) is 0 Å². The average Bonchev–Trinajstić information content (AvgIpc) is 2.17. The lowest BCUT2D eigenvalue weighted by Crippen LogP contribution is -2.30. The van der Waals surface area contributed by atoms with Crippen LogP contribution in [-0.2, 0) is 9.53 Å². The summed E-state index contributed by atoms with van der Waals surface area (Å²) in [6.45, 7) is 1.52. The first-order valence-electron chi connectivity index (χ1n) is 4.78. The van der Waals surface area contributed by atoms with Gasteiger partial charge in [-0.3, -0.25) is 4.79 Å². The minimum atomic E-state index is -0.676. The molecule has 16 heavy (non-hydrogen) atoms. The molecule has 1 rings (SSSR count). The zero-order chi connectivity index (χ0) is 12.1. The molecule has 0 aromatic heterocycles. The number of nitrogens with one attached hydrogen (secondary N) is 1. The van der Waals surface area contributed by atoms with Gasteiger partial charge in [-0.1, -0.05) is 6.07 Å². The van der Waals surface area contributed by atoms with Crippen molar-refractivity contribution in [2.24, 2.45) is 0 Å². The molecular formula is C11H13F2NO2. The number of halogens is 2. The van der Waals surface area contributed by atoms with Gasteiger partial charge in [-0.05, 0) is 13.0 Å². The van der Waals surface area contributed by atoms with Crippen molar-refractivity contribution in [2.75, 3.05) is 13.7 Å². The van der Waals surface area contributed by atoms with Crippen molar-refractivity contribution in [3.8, 4) is 0 Å². The van der Waals surface area contributed by atoms with E-state index in [1.807, 2.05) is 0 Å². The number of carbonyl (C=O) groups is 1. The minimum Gasteiger partial charge on any atom is -0.375 e. The predicted molar refractivity (Wildman–Crippen MR) is 54.8 cm³/mol. The van der Waals surface area contributed by atoms with Crippen LogP contribution in [0.1, 0.15) is 18.5 Å². The zero-order valence-electron chi connectivity index (χ0n) is 9.09. The standard InChI is InChI=1S/C11H13F2NO2/c1-7(14-11(15)6-16-2)9-4-3-8(12)5-10(9)13/h3-5,7H,6H2,1-2H3,(H,14,15)/t7-/m1/s1. The molecule has 1 atom stereocenters. The predicted octanol–water partition coefficient (Wildman–Crippen LogP) is 1.79. The van der Waals surface area contributed by atoms with E-state index in [0.717, 1.165) is 12.1 Å². The lowest BCUT2D eigenvalue weighted by molar-refractivity contribution is -0.125. The van der Waals surface area contributed by atoms with Crippen LogP contribution in [0.3, 0.4) is 0 Å². The van der Waals surface area contributed by atoms with E-state index in [4.69, 9.17) is 0 Å². The average molecular weight is 229 g/mol. The van der Waals surface area contributed by atoms with Gasteiger partial charge in [-0.2, -0.15) is 0 Å². The fourth-order valence-electron chi connectivity index (χ4n) is 1.34. The zero-order valence-corrected chi connectivity index (χ0v) is 9.09. The molecule has 5 heteroatoms. The summed E-state index contributed by atoms with van der Waals surface area (Å²) in [4.78, 5) is 11.2. The maximum atomic E-state index is 13.3. The number of amides is 1. The second kappa shape index (κ2) is 5.55. The van der Waals surface area contributed by atoms with Crippen LogP contribution >= 0.6 is 0 Å². The molecule has 0 bridgehead atoms. The summed E-state index contributed by atoms with van der Waals surface area (Å²) in [5.41, 5.74) is 0.242. The highest BCUT2D eigenvalue weighted by molar-refractivity contribution is 5.77. The van der Waals surface area contributed by atoms with Gasteiger partial charge in [0.1, 0.15) is 18.2 Å². The topological polar surface area (TPSA) is 38.3 Å². The Morgan fingerprint density at radius 2 is 2.19 bits per heavy atom. The molecule has 0 saturated carbocycles. The van der Waals surface area contributed by atoms with Crippen molar-refractivity contribution in [3.63, 3.8) is 0 Å². The van der Waals surface area contributed by atoms with Crippen LogP contribution in [0.4, 0.5) is 8.78 Å². The van der Waals surface area contributed by atoms with E-state index in [1.165, 1.54) is 13.2 Å². The minimum absolute atomic E-state index is 0.0901. The summed E-state index contributed by atoms with van der Waals surface area (Å²) in [5, 5.41) is 2.53. The fraction of sp³-hybridized carbons (Fsp3) is 0.364. The Labute approximate surface area is 92.4 Å². The van der Waals surface area contributed by atoms with Crippen molar-refractivity contribution in [1.29, 1.82) is 0 Å². The van der Waals surface area contributed by atoms with Crippen LogP contribution in [0, 0.1) is 11.6 Å². The normalized spacial score (nSPS) is 12.2. The van der Waals surface area contributed by atoms with Gasteiger partial charge in [0.15, 0.2) is 0 Å². The highest BCUT2D eigenvalue weighted by Crippen LogP contribution is 2.17. The second-order valence-electron chi connectivity index (χ2n) is 3.39. The summed E-state index contributed by atoms with van der Waals surface area (Å²) in [7, 11) is 1.39. The number of benzene rings is 1. The second-order valence-corrected chi connectivity index (χ2v) is 3.39. The van der Waals surface area contributed by atoms with Gasteiger partial charge in [0.05, 0.1) is 6.04 Å². The first-order valence-corrected chi connectivity index (χ1v) is 4.78. The molecule has 0 unspecified atom stereocenters. The third kappa shape index (κ3) is 3.27. The Balaban J connectivity index is 2.72. The Kier molecular flexibility index (Phi) is 4.37. The number of rotatable bonds is 4.